The van der Waals surface area contributed by atoms with E-state index in [1.807, 2.05) is 29.3 Å². The van der Waals surface area contributed by atoms with Crippen molar-refractivity contribution in [1.82, 2.24) is 20.0 Å². The molecule has 0 radical (unpaired) electrons. The predicted molar refractivity (Wildman–Crippen MR) is 112 cm³/mol. The Balaban J connectivity index is 1.38. The SMILES string of the molecule is O=C(c1conc1-c1ccc(Cl)cc1)N1CC=C(c2c[nH]c3ncccc23)CC1. The Labute approximate surface area is 171 Å². The van der Waals surface area contributed by atoms with Crippen molar-refractivity contribution in [2.45, 2.75) is 6.42 Å². The second-order valence-corrected chi connectivity index (χ2v) is 7.35. The summed E-state index contributed by atoms with van der Waals surface area (Å²) in [5, 5.41) is 5.76. The van der Waals surface area contributed by atoms with Gasteiger partial charge in [0.25, 0.3) is 5.91 Å². The number of nitrogens with zero attached hydrogens (tertiary/aromatic N) is 3. The van der Waals surface area contributed by atoms with Crippen LogP contribution in [0.15, 0.2) is 65.7 Å². The van der Waals surface area contributed by atoms with Crippen LogP contribution in [-0.2, 0) is 0 Å². The molecular weight excluding hydrogens is 388 g/mol. The fraction of sp³-hybridized carbons (Fsp3) is 0.136. The van der Waals surface area contributed by atoms with Gasteiger partial charge in [-0.3, -0.25) is 4.79 Å². The molecule has 5 rings (SSSR count). The number of H-pyrrole nitrogens is 1. The molecule has 1 aliphatic heterocycles. The summed E-state index contributed by atoms with van der Waals surface area (Å²) < 4.78 is 5.11. The van der Waals surface area contributed by atoms with Gasteiger partial charge in [-0.2, -0.15) is 0 Å². The first kappa shape index (κ1) is 17.7. The van der Waals surface area contributed by atoms with E-state index in [1.54, 1.807) is 18.3 Å². The average molecular weight is 405 g/mol. The Morgan fingerprint density at radius 1 is 1.21 bits per heavy atom. The van der Waals surface area contributed by atoms with Crippen molar-refractivity contribution in [2.75, 3.05) is 13.1 Å². The zero-order chi connectivity index (χ0) is 19.8. The highest BCUT2D eigenvalue weighted by Gasteiger charge is 2.25. The van der Waals surface area contributed by atoms with Crippen LogP contribution in [0.25, 0.3) is 27.9 Å². The summed E-state index contributed by atoms with van der Waals surface area (Å²) in [4.78, 5) is 22.4. The first-order chi connectivity index (χ1) is 14.2. The van der Waals surface area contributed by atoms with Gasteiger partial charge in [0.15, 0.2) is 0 Å². The summed E-state index contributed by atoms with van der Waals surface area (Å²) >= 11 is 5.96. The van der Waals surface area contributed by atoms with Gasteiger partial charge in [-0.25, -0.2) is 4.98 Å². The number of fused-ring (bicyclic) bond motifs is 1. The third-order valence-corrected chi connectivity index (χ3v) is 5.46. The Morgan fingerprint density at radius 2 is 2.07 bits per heavy atom. The molecule has 29 heavy (non-hydrogen) atoms. The van der Waals surface area contributed by atoms with Crippen molar-refractivity contribution >= 4 is 34.1 Å². The van der Waals surface area contributed by atoms with E-state index in [-0.39, 0.29) is 5.91 Å². The van der Waals surface area contributed by atoms with Gasteiger partial charge in [-0.15, -0.1) is 0 Å². The van der Waals surface area contributed by atoms with E-state index in [1.165, 1.54) is 11.8 Å². The maximum atomic E-state index is 13.1. The molecule has 6 nitrogen and oxygen atoms in total. The van der Waals surface area contributed by atoms with Crippen LogP contribution in [0.3, 0.4) is 0 Å². The molecule has 1 N–H and O–H groups in total. The van der Waals surface area contributed by atoms with Gasteiger partial charge in [-0.1, -0.05) is 35.0 Å². The number of pyridine rings is 1. The standard InChI is InChI=1S/C22H17ClN4O2/c23-16-5-3-15(4-6-16)20-19(13-29-26-20)22(28)27-10-7-14(8-11-27)18-12-25-21-17(18)2-1-9-24-21/h1-7,9,12-13H,8,10-11H2,(H,24,25). The van der Waals surface area contributed by atoms with Crippen LogP contribution >= 0.6 is 11.6 Å². The summed E-state index contributed by atoms with van der Waals surface area (Å²) in [6.45, 7) is 1.16. The number of hydrogen-bond acceptors (Lipinski definition) is 4. The number of halogens is 1. The number of rotatable bonds is 3. The summed E-state index contributed by atoms with van der Waals surface area (Å²) in [5.74, 6) is -0.0907. The minimum absolute atomic E-state index is 0.0907. The second-order valence-electron chi connectivity index (χ2n) is 6.92. The van der Waals surface area contributed by atoms with Gasteiger partial charge < -0.3 is 14.4 Å². The van der Waals surface area contributed by atoms with Gasteiger partial charge in [0.05, 0.1) is 0 Å². The monoisotopic (exact) mass is 404 g/mol. The molecule has 1 amide bonds. The van der Waals surface area contributed by atoms with E-state index in [2.05, 4.69) is 27.3 Å². The maximum absolute atomic E-state index is 13.1. The quantitative estimate of drug-likeness (QED) is 0.532. The van der Waals surface area contributed by atoms with Gasteiger partial charge in [-0.05, 0) is 36.3 Å². The highest BCUT2D eigenvalue weighted by atomic mass is 35.5. The molecule has 0 bridgehead atoms. The molecule has 4 heterocycles. The van der Waals surface area contributed by atoms with Gasteiger partial charge in [0.2, 0.25) is 0 Å². The average Bonchev–Trinajstić information content (AvgIpc) is 3.41. The third kappa shape index (κ3) is 3.21. The lowest BCUT2D eigenvalue weighted by molar-refractivity contribution is 0.0773. The number of benzene rings is 1. The largest absolute Gasteiger partial charge is 0.363 e. The molecule has 0 spiro atoms. The van der Waals surface area contributed by atoms with Gasteiger partial charge in [0.1, 0.15) is 23.2 Å². The van der Waals surface area contributed by atoms with E-state index >= 15 is 0 Å². The molecule has 0 atom stereocenters. The molecule has 4 aromatic rings. The molecule has 1 aromatic carbocycles. The first-order valence-electron chi connectivity index (χ1n) is 9.32. The van der Waals surface area contributed by atoms with E-state index in [0.29, 0.717) is 29.4 Å². The van der Waals surface area contributed by atoms with E-state index < -0.39 is 0 Å². The number of amides is 1. The van der Waals surface area contributed by atoms with E-state index in [0.717, 1.165) is 28.6 Å². The van der Waals surface area contributed by atoms with Crippen LogP contribution < -0.4 is 0 Å². The van der Waals surface area contributed by atoms with Crippen molar-refractivity contribution < 1.29 is 9.32 Å². The van der Waals surface area contributed by atoms with Crippen LogP contribution in [0.1, 0.15) is 22.3 Å². The summed E-state index contributed by atoms with van der Waals surface area (Å²) in [7, 11) is 0. The number of aromatic nitrogens is 3. The Kier molecular flexibility index (Phi) is 4.41. The molecule has 7 heteroatoms. The normalized spacial score (nSPS) is 14.2. The third-order valence-electron chi connectivity index (χ3n) is 5.21. The Bertz CT molecular complexity index is 1220. The molecular formula is C22H17ClN4O2. The first-order valence-corrected chi connectivity index (χ1v) is 9.69. The maximum Gasteiger partial charge on any atom is 0.259 e. The van der Waals surface area contributed by atoms with E-state index in [4.69, 9.17) is 16.1 Å². The number of carbonyl (C=O) groups excluding carboxylic acids is 1. The van der Waals surface area contributed by atoms with Crippen molar-refractivity contribution in [1.29, 1.82) is 0 Å². The second kappa shape index (κ2) is 7.22. The highest BCUT2D eigenvalue weighted by molar-refractivity contribution is 6.30. The fourth-order valence-electron chi connectivity index (χ4n) is 3.69. The molecule has 0 saturated carbocycles. The lowest BCUT2D eigenvalue weighted by atomic mass is 9.99. The van der Waals surface area contributed by atoms with Crippen molar-refractivity contribution in [3.8, 4) is 11.3 Å². The van der Waals surface area contributed by atoms with Crippen LogP contribution in [0, 0.1) is 0 Å². The summed E-state index contributed by atoms with van der Waals surface area (Å²) in [6.07, 6.45) is 8.05. The van der Waals surface area contributed by atoms with Crippen LogP contribution in [0.5, 0.6) is 0 Å². The van der Waals surface area contributed by atoms with Crippen LogP contribution in [-0.4, -0.2) is 39.0 Å². The molecule has 0 fully saturated rings. The van der Waals surface area contributed by atoms with Crippen molar-refractivity contribution in [2.24, 2.45) is 0 Å². The number of carbonyl (C=O) groups is 1. The van der Waals surface area contributed by atoms with Crippen LogP contribution in [0.2, 0.25) is 5.02 Å². The lowest BCUT2D eigenvalue weighted by Crippen LogP contribution is -2.34. The zero-order valence-electron chi connectivity index (χ0n) is 15.4. The molecule has 3 aromatic heterocycles. The zero-order valence-corrected chi connectivity index (χ0v) is 16.2. The van der Waals surface area contributed by atoms with Crippen molar-refractivity contribution in [3.05, 3.63) is 77.3 Å². The van der Waals surface area contributed by atoms with Crippen molar-refractivity contribution in [3.63, 3.8) is 0 Å². The van der Waals surface area contributed by atoms with Crippen LogP contribution in [0.4, 0.5) is 0 Å². The fourth-order valence-corrected chi connectivity index (χ4v) is 3.82. The summed E-state index contributed by atoms with van der Waals surface area (Å²) in [6, 6.07) is 11.2. The molecule has 0 unspecified atom stereocenters. The smallest absolute Gasteiger partial charge is 0.259 e. The minimum atomic E-state index is -0.0907. The highest BCUT2D eigenvalue weighted by Crippen LogP contribution is 2.30. The predicted octanol–water partition coefficient (Wildman–Crippen LogP) is 4.80. The summed E-state index contributed by atoms with van der Waals surface area (Å²) in [5.41, 5.74) is 5.03. The number of nitrogens with one attached hydrogen (secondary N) is 1. The van der Waals surface area contributed by atoms with Gasteiger partial charge in [0, 0.05) is 47.0 Å². The topological polar surface area (TPSA) is 75.0 Å². The number of aromatic amines is 1. The molecule has 1 aliphatic rings. The lowest BCUT2D eigenvalue weighted by Gasteiger charge is -2.26. The number of hydrogen-bond donors (Lipinski definition) is 1. The molecule has 144 valence electrons. The van der Waals surface area contributed by atoms with E-state index in [9.17, 15) is 4.79 Å². The van der Waals surface area contributed by atoms with Gasteiger partial charge >= 0.3 is 0 Å². The molecule has 0 aliphatic carbocycles. The molecule has 0 saturated heterocycles. The Hall–Kier alpha value is -3.38. The Morgan fingerprint density at radius 3 is 2.86 bits per heavy atom. The minimum Gasteiger partial charge on any atom is -0.363 e.